The summed E-state index contributed by atoms with van der Waals surface area (Å²) in [5.41, 5.74) is 2.11. The zero-order valence-corrected chi connectivity index (χ0v) is 20.1. The smallest absolute Gasteiger partial charge is 0.260 e. The molecule has 36 heavy (non-hydrogen) atoms. The van der Waals surface area contributed by atoms with Crippen LogP contribution in [0, 0.1) is 11.8 Å². The number of hydrogen-bond acceptors (Lipinski definition) is 7. The maximum absolute atomic E-state index is 13.2. The number of allylic oxidation sites excluding steroid dienone is 2. The van der Waals surface area contributed by atoms with Gasteiger partial charge in [0, 0.05) is 0 Å². The maximum Gasteiger partial charge on any atom is 0.260 e. The summed E-state index contributed by atoms with van der Waals surface area (Å²) in [5, 5.41) is 8.17. The van der Waals surface area contributed by atoms with Gasteiger partial charge in [-0.3, -0.25) is 9.59 Å². The van der Waals surface area contributed by atoms with Crippen molar-refractivity contribution in [1.82, 2.24) is 14.8 Å². The Morgan fingerprint density at radius 3 is 1.94 bits per heavy atom. The fourth-order valence-electron chi connectivity index (χ4n) is 5.42. The van der Waals surface area contributed by atoms with Crippen molar-refractivity contribution in [2.75, 3.05) is 24.4 Å². The highest BCUT2D eigenvalue weighted by Gasteiger charge is 2.50. The number of anilines is 2. The number of aromatic nitrogens is 3. The van der Waals surface area contributed by atoms with E-state index in [1.54, 1.807) is 18.9 Å². The van der Waals surface area contributed by atoms with Crippen LogP contribution in [0.4, 0.5) is 11.9 Å². The molecule has 6 rings (SSSR count). The Balaban J connectivity index is 1.38. The van der Waals surface area contributed by atoms with Gasteiger partial charge in [-0.1, -0.05) is 36.4 Å². The second-order valence-electron chi connectivity index (χ2n) is 9.34. The number of amides is 2. The minimum atomic E-state index is -0.333. The Morgan fingerprint density at radius 1 is 0.833 bits per heavy atom. The van der Waals surface area contributed by atoms with Gasteiger partial charge in [-0.05, 0) is 54.7 Å². The van der Waals surface area contributed by atoms with E-state index in [0.717, 1.165) is 22.6 Å². The number of fused-ring (bicyclic) bond motifs is 2. The summed E-state index contributed by atoms with van der Waals surface area (Å²) in [7, 11) is 3.28. The van der Waals surface area contributed by atoms with Crippen LogP contribution in [0.2, 0.25) is 0 Å². The molecule has 0 unspecified atom stereocenters. The van der Waals surface area contributed by atoms with Gasteiger partial charge in [-0.15, -0.1) is 5.10 Å². The average molecular weight is 486 g/mol. The molecule has 9 nitrogen and oxygen atoms in total. The average Bonchev–Trinajstić information content (AvgIpc) is 3.46. The fraction of sp³-hybridized carbons (Fsp3) is 0.333. The van der Waals surface area contributed by atoms with Gasteiger partial charge in [0.1, 0.15) is 11.5 Å². The monoisotopic (exact) mass is 485 g/mol. The molecule has 0 spiro atoms. The number of nitrogens with one attached hydrogen (secondary N) is 1. The molecule has 1 aromatic heterocycles. The van der Waals surface area contributed by atoms with Crippen molar-refractivity contribution in [1.29, 1.82) is 0 Å². The topological polar surface area (TPSA) is 98.6 Å². The third-order valence-electron chi connectivity index (χ3n) is 7.40. The first kappa shape index (κ1) is 22.3. The van der Waals surface area contributed by atoms with Crippen molar-refractivity contribution in [3.05, 3.63) is 71.8 Å². The highest BCUT2D eigenvalue weighted by Crippen LogP contribution is 2.41. The third kappa shape index (κ3) is 3.62. The van der Waals surface area contributed by atoms with E-state index in [-0.39, 0.29) is 41.7 Å². The van der Waals surface area contributed by atoms with E-state index in [1.807, 2.05) is 60.7 Å². The highest BCUT2D eigenvalue weighted by molar-refractivity contribution is 6.21. The van der Waals surface area contributed by atoms with Gasteiger partial charge in [0.2, 0.25) is 17.8 Å². The first-order valence-electron chi connectivity index (χ1n) is 12.1. The predicted octanol–water partition coefficient (Wildman–Crippen LogP) is 3.90. The third-order valence-corrected chi connectivity index (χ3v) is 7.40. The maximum atomic E-state index is 13.2. The quantitative estimate of drug-likeness (QED) is 0.432. The molecule has 2 aliphatic heterocycles. The van der Waals surface area contributed by atoms with Crippen LogP contribution in [-0.2, 0) is 9.59 Å². The van der Waals surface area contributed by atoms with Crippen molar-refractivity contribution >= 4 is 23.7 Å². The van der Waals surface area contributed by atoms with Crippen molar-refractivity contribution < 1.29 is 19.1 Å². The molecule has 9 heteroatoms. The molecule has 0 radical (unpaired) electrons. The van der Waals surface area contributed by atoms with Crippen molar-refractivity contribution in [2.45, 2.75) is 31.3 Å². The second kappa shape index (κ2) is 8.82. The van der Waals surface area contributed by atoms with Crippen molar-refractivity contribution in [3.8, 4) is 11.5 Å². The summed E-state index contributed by atoms with van der Waals surface area (Å²) in [4.78, 5) is 32.2. The van der Waals surface area contributed by atoms with E-state index < -0.39 is 0 Å². The first-order chi connectivity index (χ1) is 17.6. The van der Waals surface area contributed by atoms with Crippen LogP contribution in [0.25, 0.3) is 0 Å². The Labute approximate surface area is 208 Å². The molecule has 0 saturated carbocycles. The van der Waals surface area contributed by atoms with Gasteiger partial charge in [0.25, 0.3) is 5.95 Å². The lowest BCUT2D eigenvalue weighted by Crippen LogP contribution is -2.32. The fourth-order valence-corrected chi connectivity index (χ4v) is 5.42. The van der Waals surface area contributed by atoms with Crippen LogP contribution in [0.3, 0.4) is 0 Å². The summed E-state index contributed by atoms with van der Waals surface area (Å²) >= 11 is 0. The molecular weight excluding hydrogens is 458 g/mol. The minimum absolute atomic E-state index is 0.0516. The minimum Gasteiger partial charge on any atom is -0.497 e. The Bertz CT molecular complexity index is 1310. The number of benzene rings is 2. The number of hydrogen-bond donors (Lipinski definition) is 1. The number of rotatable bonds is 5. The Kier molecular flexibility index (Phi) is 5.47. The number of ether oxygens (including phenoxy) is 2. The molecule has 2 amide bonds. The molecule has 1 fully saturated rings. The van der Waals surface area contributed by atoms with Crippen molar-refractivity contribution in [2.24, 2.45) is 11.8 Å². The van der Waals surface area contributed by atoms with Crippen LogP contribution in [0.1, 0.15) is 42.5 Å². The van der Waals surface area contributed by atoms with E-state index in [0.29, 0.717) is 25.2 Å². The van der Waals surface area contributed by atoms with Gasteiger partial charge >= 0.3 is 0 Å². The van der Waals surface area contributed by atoms with Gasteiger partial charge in [0.15, 0.2) is 0 Å². The van der Waals surface area contributed by atoms with Crippen LogP contribution in [0.5, 0.6) is 11.5 Å². The number of imide groups is 1. The number of carbonyl (C=O) groups excluding carboxylic acids is 2. The zero-order chi connectivity index (χ0) is 24.8. The number of carbonyl (C=O) groups is 2. The van der Waals surface area contributed by atoms with Crippen LogP contribution in [0.15, 0.2) is 60.7 Å². The zero-order valence-electron chi connectivity index (χ0n) is 20.1. The Hall–Kier alpha value is -4.14. The summed E-state index contributed by atoms with van der Waals surface area (Å²) in [6.45, 7) is 0. The lowest BCUT2D eigenvalue weighted by molar-refractivity contribution is -0.122. The lowest BCUT2D eigenvalue weighted by Gasteiger charge is -2.31. The summed E-state index contributed by atoms with van der Waals surface area (Å²) in [6.07, 6.45) is 5.80. The standard InChI is InChI=1S/C27H27N5O4/c1-35-18-11-7-16(8-12-18)22-15-23(17-9-13-19(36-2)14-10-17)32-26(28-22)29-27(30-32)31-24(33)20-5-3-4-6-21(20)25(31)34/h3-4,7-14,20-23H,5-6,15H2,1-2H3,(H,28,29,30)/t20-,21+,22-,23-/m1/s1. The molecule has 4 atom stereocenters. The number of methoxy groups -OCH3 is 2. The van der Waals surface area contributed by atoms with E-state index in [2.05, 4.69) is 10.3 Å². The second-order valence-corrected chi connectivity index (χ2v) is 9.34. The van der Waals surface area contributed by atoms with Gasteiger partial charge in [-0.2, -0.15) is 4.98 Å². The molecule has 2 aromatic carbocycles. The molecule has 3 aromatic rings. The molecule has 0 bridgehead atoms. The number of nitrogens with zero attached hydrogens (tertiary/aromatic N) is 4. The van der Waals surface area contributed by atoms with Gasteiger partial charge in [0.05, 0.1) is 38.1 Å². The van der Waals surface area contributed by atoms with E-state index in [9.17, 15) is 9.59 Å². The summed E-state index contributed by atoms with van der Waals surface area (Å²) in [6, 6.07) is 15.6. The molecule has 3 aliphatic rings. The molecular formula is C27H27N5O4. The van der Waals surface area contributed by atoms with Crippen LogP contribution >= 0.6 is 0 Å². The largest absolute Gasteiger partial charge is 0.497 e. The van der Waals surface area contributed by atoms with E-state index >= 15 is 0 Å². The van der Waals surface area contributed by atoms with Crippen molar-refractivity contribution in [3.63, 3.8) is 0 Å². The lowest BCUT2D eigenvalue weighted by atomic mass is 9.85. The van der Waals surface area contributed by atoms with Crippen LogP contribution < -0.4 is 19.7 Å². The SMILES string of the molecule is COc1ccc([C@H]2C[C@H](c3ccc(OC)cc3)Nc3nc(N4C(=O)[C@H]5CC=CC[C@H]5C4=O)nn32)cc1. The Morgan fingerprint density at radius 2 is 1.39 bits per heavy atom. The van der Waals surface area contributed by atoms with Crippen LogP contribution in [-0.4, -0.2) is 40.8 Å². The molecule has 1 N–H and O–H groups in total. The van der Waals surface area contributed by atoms with Gasteiger partial charge < -0.3 is 14.8 Å². The predicted molar refractivity (Wildman–Crippen MR) is 133 cm³/mol. The normalized spacial score (nSPS) is 24.8. The summed E-state index contributed by atoms with van der Waals surface area (Å²) in [5.74, 6) is 1.11. The van der Waals surface area contributed by atoms with E-state index in [1.165, 1.54) is 4.90 Å². The highest BCUT2D eigenvalue weighted by atomic mass is 16.5. The molecule has 1 saturated heterocycles. The molecule has 1 aliphatic carbocycles. The molecule has 3 heterocycles. The first-order valence-corrected chi connectivity index (χ1v) is 12.1. The summed E-state index contributed by atoms with van der Waals surface area (Å²) < 4.78 is 12.4. The molecule has 184 valence electrons. The van der Waals surface area contributed by atoms with Gasteiger partial charge in [-0.25, -0.2) is 9.58 Å². The van der Waals surface area contributed by atoms with E-state index in [4.69, 9.17) is 14.6 Å².